The fourth-order valence-electron chi connectivity index (χ4n) is 4.39. The van der Waals surface area contributed by atoms with E-state index in [0.717, 1.165) is 52.6 Å². The quantitative estimate of drug-likeness (QED) is 0.195. The number of nitrogens with one attached hydrogen (secondary N) is 1. The number of sulfonamides is 1. The molecule has 3 heterocycles. The Bertz CT molecular complexity index is 1670. The van der Waals surface area contributed by atoms with Gasteiger partial charge in [0.15, 0.2) is 5.65 Å². The molecule has 5 aromatic rings. The van der Waals surface area contributed by atoms with Crippen LogP contribution in [0.15, 0.2) is 96.0 Å². The van der Waals surface area contributed by atoms with Crippen molar-refractivity contribution in [2.45, 2.75) is 57.8 Å². The van der Waals surface area contributed by atoms with E-state index in [2.05, 4.69) is 16.4 Å². The molecule has 0 unspecified atom stereocenters. The predicted octanol–water partition coefficient (Wildman–Crippen LogP) is 7.33. The van der Waals surface area contributed by atoms with Crippen LogP contribution >= 0.6 is 0 Å². The van der Waals surface area contributed by atoms with E-state index in [1.165, 1.54) is 4.31 Å². The molecule has 0 aliphatic heterocycles. The van der Waals surface area contributed by atoms with E-state index in [1.807, 2.05) is 86.8 Å². The molecule has 1 N–H and O–H groups in total. The molecule has 42 heavy (non-hydrogen) atoms. The van der Waals surface area contributed by atoms with Crippen LogP contribution in [0.5, 0.6) is 0 Å². The SMILES string of the molecule is CC.CC.CN(CCc1ccccn1)S(=O)(=O)c1ccc(Nc2cc(-c3ccccc3)nc3cc(C4CC4)nn23)cc1. The summed E-state index contributed by atoms with van der Waals surface area (Å²) in [5, 5.41) is 8.24. The zero-order valence-corrected chi connectivity index (χ0v) is 25.8. The van der Waals surface area contributed by atoms with Crippen molar-refractivity contribution in [2.75, 3.05) is 18.9 Å². The van der Waals surface area contributed by atoms with E-state index < -0.39 is 10.0 Å². The summed E-state index contributed by atoms with van der Waals surface area (Å²) in [5.74, 6) is 1.27. The van der Waals surface area contributed by atoms with E-state index in [0.29, 0.717) is 18.9 Å². The molecule has 2 aromatic carbocycles. The number of pyridine rings is 1. The lowest BCUT2D eigenvalue weighted by Crippen LogP contribution is -2.29. The van der Waals surface area contributed by atoms with E-state index in [4.69, 9.17) is 10.1 Å². The number of aromatic nitrogens is 4. The van der Waals surface area contributed by atoms with Gasteiger partial charge in [-0.15, -0.1) is 0 Å². The molecule has 0 atom stereocenters. The lowest BCUT2D eigenvalue weighted by molar-refractivity contribution is 0.471. The number of nitrogens with zero attached hydrogens (tertiary/aromatic N) is 5. The number of rotatable bonds is 9. The highest BCUT2D eigenvalue weighted by Crippen LogP contribution is 2.40. The van der Waals surface area contributed by atoms with Crippen molar-refractivity contribution in [3.63, 3.8) is 0 Å². The molecule has 1 aliphatic carbocycles. The summed E-state index contributed by atoms with van der Waals surface area (Å²) in [6, 6.07) is 26.5. The number of anilines is 2. The molecule has 0 amide bonds. The number of benzene rings is 2. The van der Waals surface area contributed by atoms with E-state index in [-0.39, 0.29) is 4.90 Å². The first kappa shape index (κ1) is 30.9. The third-order valence-corrected chi connectivity index (χ3v) is 8.63. The van der Waals surface area contributed by atoms with Crippen LogP contribution in [0.1, 0.15) is 57.8 Å². The van der Waals surface area contributed by atoms with Gasteiger partial charge in [0.05, 0.1) is 16.3 Å². The first-order valence-corrected chi connectivity index (χ1v) is 16.1. The van der Waals surface area contributed by atoms with Gasteiger partial charge in [0, 0.05) is 61.2 Å². The van der Waals surface area contributed by atoms with Gasteiger partial charge in [-0.2, -0.15) is 9.61 Å². The Morgan fingerprint density at radius 3 is 2.24 bits per heavy atom. The summed E-state index contributed by atoms with van der Waals surface area (Å²) in [5.41, 5.74) is 5.32. The average Bonchev–Trinajstić information content (AvgIpc) is 3.81. The maximum absolute atomic E-state index is 13.1. The Morgan fingerprint density at radius 2 is 1.60 bits per heavy atom. The molecule has 1 aliphatic rings. The molecule has 0 saturated heterocycles. The van der Waals surface area contributed by atoms with Crippen molar-refractivity contribution in [2.24, 2.45) is 0 Å². The minimum atomic E-state index is -3.63. The monoisotopic (exact) mass is 584 g/mol. The second kappa shape index (κ2) is 14.2. The van der Waals surface area contributed by atoms with Crippen molar-refractivity contribution >= 4 is 27.2 Å². The Balaban J connectivity index is 0.000000972. The highest BCUT2D eigenvalue weighted by molar-refractivity contribution is 7.89. The van der Waals surface area contributed by atoms with Crippen LogP contribution in [0.3, 0.4) is 0 Å². The smallest absolute Gasteiger partial charge is 0.242 e. The van der Waals surface area contributed by atoms with Crippen LogP contribution in [0, 0.1) is 0 Å². The number of fused-ring (bicyclic) bond motifs is 1. The maximum atomic E-state index is 13.1. The molecule has 8 nitrogen and oxygen atoms in total. The highest BCUT2D eigenvalue weighted by Gasteiger charge is 2.27. The van der Waals surface area contributed by atoms with Gasteiger partial charge in [0.1, 0.15) is 5.82 Å². The van der Waals surface area contributed by atoms with Crippen molar-refractivity contribution < 1.29 is 8.42 Å². The number of hydrogen-bond acceptors (Lipinski definition) is 6. The molecular formula is C33H40N6O2S. The summed E-state index contributed by atoms with van der Waals surface area (Å²) >= 11 is 0. The summed E-state index contributed by atoms with van der Waals surface area (Å²) in [6.07, 6.45) is 4.57. The Morgan fingerprint density at radius 1 is 0.905 bits per heavy atom. The van der Waals surface area contributed by atoms with Gasteiger partial charge in [0.2, 0.25) is 10.0 Å². The predicted molar refractivity (Wildman–Crippen MR) is 171 cm³/mol. The zero-order valence-electron chi connectivity index (χ0n) is 25.0. The first-order chi connectivity index (χ1) is 20.5. The largest absolute Gasteiger partial charge is 0.340 e. The second-order valence-corrected chi connectivity index (χ2v) is 11.6. The Labute approximate surface area is 249 Å². The van der Waals surface area contributed by atoms with Crippen molar-refractivity contribution in [1.29, 1.82) is 0 Å². The van der Waals surface area contributed by atoms with Crippen LogP contribution in [-0.2, 0) is 16.4 Å². The average molecular weight is 585 g/mol. The fraction of sp³-hybridized carbons (Fsp3) is 0.303. The van der Waals surface area contributed by atoms with E-state index in [1.54, 1.807) is 37.5 Å². The van der Waals surface area contributed by atoms with Gasteiger partial charge in [-0.3, -0.25) is 4.98 Å². The molecule has 0 radical (unpaired) electrons. The van der Waals surface area contributed by atoms with Crippen molar-refractivity contribution in [3.8, 4) is 11.3 Å². The molecular weight excluding hydrogens is 544 g/mol. The first-order valence-electron chi connectivity index (χ1n) is 14.7. The standard InChI is InChI=1S/C29H28N6O2S.2C2H6/c1-34(18-16-23-9-5-6-17-30-23)38(36,37)25-14-12-24(13-15-25)31-28-19-26(21-7-3-2-4-8-21)32-29-20-27(22-10-11-22)33-35(28)29;2*1-2/h2-9,12-15,17,19-20,22,31H,10-11,16,18H2,1H3;2*1-2H3. The van der Waals surface area contributed by atoms with Gasteiger partial charge in [0.25, 0.3) is 0 Å². The van der Waals surface area contributed by atoms with Gasteiger partial charge < -0.3 is 5.32 Å². The minimum Gasteiger partial charge on any atom is -0.340 e. The van der Waals surface area contributed by atoms with Crippen molar-refractivity contribution in [1.82, 2.24) is 23.9 Å². The Kier molecular flexibility index (Phi) is 10.4. The summed E-state index contributed by atoms with van der Waals surface area (Å²) in [4.78, 5) is 9.37. The normalized spacial score (nSPS) is 12.7. The fourth-order valence-corrected chi connectivity index (χ4v) is 5.56. The third kappa shape index (κ3) is 7.21. The summed E-state index contributed by atoms with van der Waals surface area (Å²) < 4.78 is 29.5. The van der Waals surface area contributed by atoms with E-state index in [9.17, 15) is 8.42 Å². The minimum absolute atomic E-state index is 0.242. The number of likely N-dealkylation sites (N-methyl/N-ethyl adjacent to an activating group) is 1. The summed E-state index contributed by atoms with van der Waals surface area (Å²) in [7, 11) is -2.03. The van der Waals surface area contributed by atoms with Crippen LogP contribution in [0.2, 0.25) is 0 Å². The molecule has 220 valence electrons. The molecule has 1 saturated carbocycles. The molecule has 6 rings (SSSR count). The lowest BCUT2D eigenvalue weighted by Gasteiger charge is -2.17. The highest BCUT2D eigenvalue weighted by atomic mass is 32.2. The van der Waals surface area contributed by atoms with Gasteiger partial charge in [-0.05, 0) is 49.2 Å². The topological polar surface area (TPSA) is 92.5 Å². The molecule has 0 spiro atoms. The third-order valence-electron chi connectivity index (χ3n) is 6.76. The maximum Gasteiger partial charge on any atom is 0.242 e. The summed E-state index contributed by atoms with van der Waals surface area (Å²) in [6.45, 7) is 8.35. The molecule has 1 fully saturated rings. The lowest BCUT2D eigenvalue weighted by atomic mass is 10.1. The van der Waals surface area contributed by atoms with Gasteiger partial charge >= 0.3 is 0 Å². The zero-order chi connectivity index (χ0) is 30.1. The van der Waals surface area contributed by atoms with Gasteiger partial charge in [-0.25, -0.2) is 17.7 Å². The molecule has 9 heteroatoms. The molecule has 0 bridgehead atoms. The van der Waals surface area contributed by atoms with Crippen LogP contribution in [0.4, 0.5) is 11.5 Å². The molecule has 3 aromatic heterocycles. The van der Waals surface area contributed by atoms with E-state index >= 15 is 0 Å². The Hall–Kier alpha value is -4.08. The second-order valence-electron chi connectivity index (χ2n) is 9.55. The van der Waals surface area contributed by atoms with Crippen LogP contribution in [-0.4, -0.2) is 45.9 Å². The van der Waals surface area contributed by atoms with Crippen molar-refractivity contribution in [3.05, 3.63) is 103 Å². The van der Waals surface area contributed by atoms with Gasteiger partial charge in [-0.1, -0.05) is 64.1 Å². The van der Waals surface area contributed by atoms with Crippen LogP contribution in [0.25, 0.3) is 16.9 Å². The number of hydrogen-bond donors (Lipinski definition) is 1. The van der Waals surface area contributed by atoms with Crippen LogP contribution < -0.4 is 5.32 Å².